The van der Waals surface area contributed by atoms with E-state index < -0.39 is 21.2 Å². The van der Waals surface area contributed by atoms with Crippen LogP contribution in [-0.4, -0.2) is 24.3 Å². The van der Waals surface area contributed by atoms with Crippen molar-refractivity contribution in [3.8, 4) is 0 Å². The van der Waals surface area contributed by atoms with Crippen molar-refractivity contribution in [1.29, 1.82) is 0 Å². The predicted molar refractivity (Wildman–Crippen MR) is 58.5 cm³/mol. The van der Waals surface area contributed by atoms with Gasteiger partial charge in [-0.3, -0.25) is 0 Å². The van der Waals surface area contributed by atoms with Crippen LogP contribution in [0.1, 0.15) is 41.0 Å². The second kappa shape index (κ2) is 3.84. The number of rotatable bonds is 2. The third-order valence-electron chi connectivity index (χ3n) is 2.56. The molecule has 4 nitrogen and oxygen atoms in total. The maximum Gasteiger partial charge on any atom is 0.159 e. The summed E-state index contributed by atoms with van der Waals surface area (Å²) in [6.07, 6.45) is 2.38. The van der Waals surface area contributed by atoms with Crippen LogP contribution in [0.25, 0.3) is 0 Å². The van der Waals surface area contributed by atoms with Gasteiger partial charge in [-0.15, -0.1) is 11.3 Å². The molecule has 1 aliphatic rings. The quantitative estimate of drug-likeness (QED) is 0.859. The Morgan fingerprint density at radius 1 is 1.67 bits per heavy atom. The summed E-state index contributed by atoms with van der Waals surface area (Å²) in [4.78, 5) is 4.82. The van der Waals surface area contributed by atoms with Crippen LogP contribution < -0.4 is 0 Å². The van der Waals surface area contributed by atoms with Gasteiger partial charge in [0.25, 0.3) is 0 Å². The molecule has 2 rings (SSSR count). The minimum Gasteiger partial charge on any atom is -0.388 e. The molecule has 1 aromatic heterocycles. The third kappa shape index (κ3) is 2.07. The molecule has 0 aromatic carbocycles. The lowest BCUT2D eigenvalue weighted by atomic mass is 10.3. The van der Waals surface area contributed by atoms with Crippen molar-refractivity contribution >= 4 is 21.2 Å². The number of sulfone groups is 1. The smallest absolute Gasteiger partial charge is 0.159 e. The lowest BCUT2D eigenvalue weighted by Crippen LogP contribution is -2.07. The van der Waals surface area contributed by atoms with Crippen LogP contribution in [0.3, 0.4) is 0 Å². The molecule has 0 aliphatic carbocycles. The summed E-state index contributed by atoms with van der Waals surface area (Å²) in [5.41, 5.74) is 0. The lowest BCUT2D eigenvalue weighted by Gasteiger charge is -2.04. The van der Waals surface area contributed by atoms with Gasteiger partial charge in [0, 0.05) is 6.20 Å². The van der Waals surface area contributed by atoms with E-state index in [4.69, 9.17) is 0 Å². The van der Waals surface area contributed by atoms with Crippen molar-refractivity contribution in [2.24, 2.45) is 0 Å². The van der Waals surface area contributed by atoms with Gasteiger partial charge in [-0.25, -0.2) is 13.4 Å². The Hall–Kier alpha value is -0.460. The van der Waals surface area contributed by atoms with Gasteiger partial charge in [0.2, 0.25) is 0 Å². The van der Waals surface area contributed by atoms with Gasteiger partial charge in [-0.2, -0.15) is 0 Å². The molecule has 0 spiro atoms. The van der Waals surface area contributed by atoms with Crippen molar-refractivity contribution in [1.82, 2.24) is 4.98 Å². The molecular formula is C9H13NO3S2. The van der Waals surface area contributed by atoms with Crippen LogP contribution >= 0.6 is 11.3 Å². The molecular weight excluding hydrogens is 234 g/mol. The summed E-state index contributed by atoms with van der Waals surface area (Å²) < 4.78 is 23.3. The van der Waals surface area contributed by atoms with Crippen molar-refractivity contribution in [3.63, 3.8) is 0 Å². The number of nitrogens with zero attached hydrogens (tertiary/aromatic N) is 1. The van der Waals surface area contributed by atoms with Crippen LogP contribution in [0, 0.1) is 0 Å². The number of aliphatic hydroxyl groups is 1. The van der Waals surface area contributed by atoms with E-state index in [1.54, 1.807) is 13.1 Å². The zero-order valence-electron chi connectivity index (χ0n) is 8.38. The number of hydrogen-bond donors (Lipinski definition) is 1. The molecule has 1 aliphatic heterocycles. The normalized spacial score (nSPS) is 26.7. The fraction of sp³-hybridized carbons (Fsp3) is 0.667. The Balaban J connectivity index is 2.30. The Kier molecular flexibility index (Phi) is 2.83. The zero-order valence-corrected chi connectivity index (χ0v) is 10.0. The van der Waals surface area contributed by atoms with Gasteiger partial charge >= 0.3 is 0 Å². The van der Waals surface area contributed by atoms with Crippen LogP contribution in [-0.2, 0) is 9.84 Å². The van der Waals surface area contributed by atoms with E-state index in [9.17, 15) is 13.5 Å². The summed E-state index contributed by atoms with van der Waals surface area (Å²) in [5, 5.41) is 9.52. The van der Waals surface area contributed by atoms with E-state index >= 15 is 0 Å². The molecule has 0 radical (unpaired) electrons. The van der Waals surface area contributed by atoms with Crippen LogP contribution in [0.2, 0.25) is 0 Å². The summed E-state index contributed by atoms with van der Waals surface area (Å²) in [6, 6.07) is 0. The Morgan fingerprint density at radius 3 is 2.87 bits per heavy atom. The number of thiazole rings is 1. The Bertz CT molecular complexity index is 450. The molecule has 2 heterocycles. The fourth-order valence-corrected chi connectivity index (χ4v) is 4.92. The SMILES string of the molecule is CC(O)c1cnc(C2CCCS2(=O)=O)s1. The number of hydrogen-bond acceptors (Lipinski definition) is 5. The van der Waals surface area contributed by atoms with E-state index in [2.05, 4.69) is 4.98 Å². The third-order valence-corrected chi connectivity index (χ3v) is 6.17. The second-order valence-electron chi connectivity index (χ2n) is 3.77. The molecule has 1 N–H and O–H groups in total. The molecule has 1 aromatic rings. The molecule has 1 fully saturated rings. The summed E-state index contributed by atoms with van der Waals surface area (Å²) in [7, 11) is -2.99. The average molecular weight is 247 g/mol. The molecule has 2 atom stereocenters. The van der Waals surface area contributed by atoms with Gasteiger partial charge in [-0.1, -0.05) is 0 Å². The van der Waals surface area contributed by atoms with Gasteiger partial charge < -0.3 is 5.11 Å². The topological polar surface area (TPSA) is 67.3 Å². The van der Waals surface area contributed by atoms with Gasteiger partial charge in [0.05, 0.1) is 16.7 Å². The molecule has 2 unspecified atom stereocenters. The highest BCUT2D eigenvalue weighted by Gasteiger charge is 2.34. The maximum absolute atomic E-state index is 11.6. The lowest BCUT2D eigenvalue weighted by molar-refractivity contribution is 0.203. The Morgan fingerprint density at radius 2 is 2.40 bits per heavy atom. The second-order valence-corrected chi connectivity index (χ2v) is 7.17. The first-order chi connectivity index (χ1) is 7.00. The van der Waals surface area contributed by atoms with Gasteiger partial charge in [0.15, 0.2) is 9.84 Å². The van der Waals surface area contributed by atoms with Crippen molar-refractivity contribution in [2.45, 2.75) is 31.1 Å². The highest BCUT2D eigenvalue weighted by Crippen LogP contribution is 2.37. The predicted octanol–water partition coefficient (Wildman–Crippen LogP) is 1.45. The largest absolute Gasteiger partial charge is 0.388 e. The molecule has 0 saturated carbocycles. The van der Waals surface area contributed by atoms with E-state index in [0.717, 1.165) is 11.3 Å². The van der Waals surface area contributed by atoms with Gasteiger partial charge in [-0.05, 0) is 19.8 Å². The first-order valence-electron chi connectivity index (χ1n) is 4.86. The summed E-state index contributed by atoms with van der Waals surface area (Å²) in [5.74, 6) is 0.265. The Labute approximate surface area is 92.9 Å². The number of aliphatic hydroxyl groups excluding tert-OH is 1. The maximum atomic E-state index is 11.6. The van der Waals surface area contributed by atoms with E-state index in [1.807, 2.05) is 0 Å². The number of aromatic nitrogens is 1. The molecule has 0 amide bonds. The summed E-state index contributed by atoms with van der Waals surface area (Å²) in [6.45, 7) is 1.65. The minimum absolute atomic E-state index is 0.265. The molecule has 0 bridgehead atoms. The van der Waals surface area contributed by atoms with Crippen LogP contribution in [0.15, 0.2) is 6.20 Å². The first kappa shape index (κ1) is 11.0. The molecule has 6 heteroatoms. The van der Waals surface area contributed by atoms with E-state index in [0.29, 0.717) is 11.4 Å². The van der Waals surface area contributed by atoms with Crippen molar-refractivity contribution in [3.05, 3.63) is 16.1 Å². The fourth-order valence-electron chi connectivity index (χ4n) is 1.71. The van der Waals surface area contributed by atoms with Crippen LogP contribution in [0.5, 0.6) is 0 Å². The zero-order chi connectivity index (χ0) is 11.1. The van der Waals surface area contributed by atoms with E-state index in [1.165, 1.54) is 11.3 Å². The highest BCUT2D eigenvalue weighted by atomic mass is 32.2. The van der Waals surface area contributed by atoms with Gasteiger partial charge in [0.1, 0.15) is 10.3 Å². The average Bonchev–Trinajstić information content (AvgIpc) is 2.69. The molecule has 84 valence electrons. The summed E-state index contributed by atoms with van der Waals surface area (Å²) >= 11 is 1.30. The van der Waals surface area contributed by atoms with Crippen LogP contribution in [0.4, 0.5) is 0 Å². The first-order valence-corrected chi connectivity index (χ1v) is 7.39. The minimum atomic E-state index is -2.99. The van der Waals surface area contributed by atoms with Crippen molar-refractivity contribution in [2.75, 3.05) is 5.75 Å². The molecule has 1 saturated heterocycles. The molecule has 15 heavy (non-hydrogen) atoms. The standard InChI is InChI=1S/C9H13NO3S2/c1-6(11)7-5-10-9(14-7)8-3-2-4-15(8,12)13/h5-6,8,11H,2-4H2,1H3. The van der Waals surface area contributed by atoms with Crippen molar-refractivity contribution < 1.29 is 13.5 Å². The monoisotopic (exact) mass is 247 g/mol. The van der Waals surface area contributed by atoms with E-state index in [-0.39, 0.29) is 5.75 Å². The highest BCUT2D eigenvalue weighted by molar-refractivity contribution is 7.92.